The zero-order valence-electron chi connectivity index (χ0n) is 7.53. The van der Waals surface area contributed by atoms with Crippen LogP contribution in [-0.2, 0) is 0 Å². The van der Waals surface area contributed by atoms with E-state index in [1.165, 1.54) is 6.26 Å². The van der Waals surface area contributed by atoms with Crippen LogP contribution in [0.3, 0.4) is 0 Å². The smallest absolute Gasteiger partial charge is 0.275 e. The lowest BCUT2D eigenvalue weighted by molar-refractivity contribution is 0.0787. The second kappa shape index (κ2) is 4.41. The van der Waals surface area contributed by atoms with Crippen LogP contribution in [0.4, 0.5) is 0 Å². The minimum absolute atomic E-state index is 0.125. The van der Waals surface area contributed by atoms with Gasteiger partial charge in [0.1, 0.15) is 6.26 Å². The molecule has 0 radical (unpaired) electrons. The van der Waals surface area contributed by atoms with Crippen molar-refractivity contribution in [1.82, 2.24) is 10.1 Å². The van der Waals surface area contributed by atoms with Crippen molar-refractivity contribution in [3.8, 4) is 0 Å². The van der Waals surface area contributed by atoms with Crippen molar-refractivity contribution < 1.29 is 9.32 Å². The number of amides is 1. The summed E-state index contributed by atoms with van der Waals surface area (Å²) in [6.45, 7) is 2.62. The lowest BCUT2D eigenvalue weighted by Gasteiger charge is -2.16. The number of carbonyl (C=O) groups is 1. The Morgan fingerprint density at radius 1 is 1.85 bits per heavy atom. The van der Waals surface area contributed by atoms with Crippen molar-refractivity contribution in [3.63, 3.8) is 0 Å². The Kier molecular flexibility index (Phi) is 3.48. The summed E-state index contributed by atoms with van der Waals surface area (Å²) >= 11 is 3.37. The van der Waals surface area contributed by atoms with E-state index in [-0.39, 0.29) is 10.7 Å². The van der Waals surface area contributed by atoms with Gasteiger partial charge in [-0.3, -0.25) is 4.79 Å². The molecule has 1 rings (SSSR count). The Morgan fingerprint density at radius 3 is 3.00 bits per heavy atom. The molecule has 1 aromatic heterocycles. The van der Waals surface area contributed by atoms with E-state index in [9.17, 15) is 4.79 Å². The molecule has 1 amide bonds. The van der Waals surface area contributed by atoms with Crippen molar-refractivity contribution in [3.05, 3.63) is 18.0 Å². The fourth-order valence-electron chi connectivity index (χ4n) is 0.979. The maximum absolute atomic E-state index is 11.5. The van der Waals surface area contributed by atoms with Crippen LogP contribution in [0.1, 0.15) is 17.4 Å². The zero-order valence-corrected chi connectivity index (χ0v) is 9.11. The SMILES string of the molecule is CC(Br)CN(C)C(=O)c1ccon1. The summed E-state index contributed by atoms with van der Waals surface area (Å²) in [5, 5.41) is 3.56. The van der Waals surface area contributed by atoms with Gasteiger partial charge < -0.3 is 9.42 Å². The molecule has 1 aromatic rings. The number of alkyl halides is 1. The van der Waals surface area contributed by atoms with Crippen LogP contribution in [-0.4, -0.2) is 34.4 Å². The van der Waals surface area contributed by atoms with Gasteiger partial charge in [0.25, 0.3) is 5.91 Å². The maximum Gasteiger partial charge on any atom is 0.275 e. The molecule has 1 atom stereocenters. The van der Waals surface area contributed by atoms with Crippen LogP contribution in [0.15, 0.2) is 16.9 Å². The van der Waals surface area contributed by atoms with Crippen LogP contribution in [0, 0.1) is 0 Å². The number of hydrogen-bond donors (Lipinski definition) is 0. The Balaban J connectivity index is 2.58. The predicted molar refractivity (Wildman–Crippen MR) is 51.9 cm³/mol. The Labute approximate surface area is 85.0 Å². The van der Waals surface area contributed by atoms with Gasteiger partial charge >= 0.3 is 0 Å². The molecule has 0 aromatic carbocycles. The molecule has 0 saturated heterocycles. The van der Waals surface area contributed by atoms with Crippen LogP contribution in [0.25, 0.3) is 0 Å². The number of hydrogen-bond acceptors (Lipinski definition) is 3. The third-order valence-electron chi connectivity index (χ3n) is 1.53. The predicted octanol–water partition coefficient (Wildman–Crippen LogP) is 1.53. The second-order valence-corrected chi connectivity index (χ2v) is 4.41. The Morgan fingerprint density at radius 2 is 2.54 bits per heavy atom. The minimum atomic E-state index is -0.125. The van der Waals surface area contributed by atoms with Crippen LogP contribution in [0.2, 0.25) is 0 Å². The van der Waals surface area contributed by atoms with Gasteiger partial charge in [0.2, 0.25) is 0 Å². The number of rotatable bonds is 3. The standard InChI is InChI=1S/C8H11BrN2O2/c1-6(9)5-11(2)8(12)7-3-4-13-10-7/h3-4,6H,5H2,1-2H3. The summed E-state index contributed by atoms with van der Waals surface area (Å²) < 4.78 is 4.58. The van der Waals surface area contributed by atoms with E-state index in [0.29, 0.717) is 12.2 Å². The van der Waals surface area contributed by atoms with E-state index >= 15 is 0 Å². The van der Waals surface area contributed by atoms with Gasteiger partial charge in [-0.05, 0) is 0 Å². The molecule has 72 valence electrons. The molecular formula is C8H11BrN2O2. The van der Waals surface area contributed by atoms with Crippen LogP contribution < -0.4 is 0 Å². The first kappa shape index (κ1) is 10.2. The molecule has 0 spiro atoms. The summed E-state index contributed by atoms with van der Waals surface area (Å²) in [5.74, 6) is -0.125. The van der Waals surface area contributed by atoms with Gasteiger partial charge in [-0.1, -0.05) is 28.0 Å². The van der Waals surface area contributed by atoms with Gasteiger partial charge in [-0.25, -0.2) is 0 Å². The molecule has 0 saturated carbocycles. The summed E-state index contributed by atoms with van der Waals surface area (Å²) in [6, 6.07) is 1.55. The third-order valence-corrected chi connectivity index (χ3v) is 1.82. The Hall–Kier alpha value is -0.840. The number of carbonyl (C=O) groups excluding carboxylic acids is 1. The minimum Gasteiger partial charge on any atom is -0.364 e. The quantitative estimate of drug-likeness (QED) is 0.761. The molecule has 0 fully saturated rings. The number of nitrogens with zero attached hydrogens (tertiary/aromatic N) is 2. The third kappa shape index (κ3) is 2.84. The van der Waals surface area contributed by atoms with Crippen LogP contribution >= 0.6 is 15.9 Å². The molecule has 5 heteroatoms. The van der Waals surface area contributed by atoms with Gasteiger partial charge in [0.15, 0.2) is 5.69 Å². The number of halogens is 1. The summed E-state index contributed by atoms with van der Waals surface area (Å²) in [5.41, 5.74) is 0.343. The first-order chi connectivity index (χ1) is 6.11. The van der Waals surface area contributed by atoms with Gasteiger partial charge in [-0.15, -0.1) is 0 Å². The van der Waals surface area contributed by atoms with Crippen LogP contribution in [0.5, 0.6) is 0 Å². The lowest BCUT2D eigenvalue weighted by Crippen LogP contribution is -2.31. The molecule has 1 heterocycles. The summed E-state index contributed by atoms with van der Waals surface area (Å²) in [6.07, 6.45) is 1.39. The van der Waals surface area contributed by atoms with Gasteiger partial charge in [-0.2, -0.15) is 0 Å². The van der Waals surface area contributed by atoms with E-state index in [2.05, 4.69) is 25.6 Å². The second-order valence-electron chi connectivity index (χ2n) is 2.85. The van der Waals surface area contributed by atoms with E-state index in [4.69, 9.17) is 0 Å². The van der Waals surface area contributed by atoms with E-state index in [0.717, 1.165) is 0 Å². The molecular weight excluding hydrogens is 236 g/mol. The highest BCUT2D eigenvalue weighted by Crippen LogP contribution is 2.04. The summed E-state index contributed by atoms with van der Waals surface area (Å²) in [4.78, 5) is 13.4. The maximum atomic E-state index is 11.5. The van der Waals surface area contributed by atoms with E-state index < -0.39 is 0 Å². The van der Waals surface area contributed by atoms with E-state index in [1.807, 2.05) is 6.92 Å². The topological polar surface area (TPSA) is 46.3 Å². The van der Waals surface area contributed by atoms with Gasteiger partial charge in [0, 0.05) is 24.5 Å². The molecule has 4 nitrogen and oxygen atoms in total. The fourth-order valence-corrected chi connectivity index (χ4v) is 1.41. The van der Waals surface area contributed by atoms with E-state index in [1.54, 1.807) is 18.0 Å². The molecule has 0 aliphatic rings. The lowest BCUT2D eigenvalue weighted by atomic mass is 10.3. The molecule has 0 bridgehead atoms. The average molecular weight is 247 g/mol. The fraction of sp³-hybridized carbons (Fsp3) is 0.500. The monoisotopic (exact) mass is 246 g/mol. The van der Waals surface area contributed by atoms with Crippen molar-refractivity contribution in [2.75, 3.05) is 13.6 Å². The normalized spacial score (nSPS) is 12.5. The molecule has 0 aliphatic carbocycles. The van der Waals surface area contributed by atoms with Crippen molar-refractivity contribution in [2.45, 2.75) is 11.8 Å². The highest BCUT2D eigenvalue weighted by atomic mass is 79.9. The first-order valence-corrected chi connectivity index (χ1v) is 4.82. The van der Waals surface area contributed by atoms with Crippen molar-refractivity contribution >= 4 is 21.8 Å². The highest BCUT2D eigenvalue weighted by molar-refractivity contribution is 9.09. The number of aromatic nitrogens is 1. The Bertz CT molecular complexity index is 272. The molecule has 13 heavy (non-hydrogen) atoms. The average Bonchev–Trinajstić information content (AvgIpc) is 2.53. The van der Waals surface area contributed by atoms with Crippen molar-refractivity contribution in [1.29, 1.82) is 0 Å². The first-order valence-electron chi connectivity index (χ1n) is 3.91. The summed E-state index contributed by atoms with van der Waals surface area (Å²) in [7, 11) is 1.73. The molecule has 0 N–H and O–H groups in total. The largest absolute Gasteiger partial charge is 0.364 e. The highest BCUT2D eigenvalue weighted by Gasteiger charge is 2.15. The van der Waals surface area contributed by atoms with Gasteiger partial charge in [0.05, 0.1) is 0 Å². The molecule has 1 unspecified atom stereocenters. The van der Waals surface area contributed by atoms with Crippen molar-refractivity contribution in [2.24, 2.45) is 0 Å². The zero-order chi connectivity index (χ0) is 9.84. The molecule has 0 aliphatic heterocycles.